The highest BCUT2D eigenvalue weighted by Gasteiger charge is 2.08. The van der Waals surface area contributed by atoms with Gasteiger partial charge in [-0.2, -0.15) is 0 Å². The Hall–Kier alpha value is -1.78. The van der Waals surface area contributed by atoms with Crippen LogP contribution >= 0.6 is 0 Å². The van der Waals surface area contributed by atoms with E-state index < -0.39 is 5.82 Å². The summed E-state index contributed by atoms with van der Waals surface area (Å²) in [6.45, 7) is 0. The normalized spacial score (nSPS) is 10.3. The number of nitrogens with zero attached hydrogens (tertiary/aromatic N) is 4. The molecule has 66 valence electrons. The fourth-order valence-electron chi connectivity index (χ4n) is 1.08. The van der Waals surface area contributed by atoms with Crippen LogP contribution in [0.4, 0.5) is 4.39 Å². The molecule has 0 saturated heterocycles. The number of halogens is 1. The maximum absolute atomic E-state index is 13.2. The van der Waals surface area contributed by atoms with Crippen molar-refractivity contribution in [3.63, 3.8) is 0 Å². The van der Waals surface area contributed by atoms with Gasteiger partial charge in [-0.15, -0.1) is 10.2 Å². The van der Waals surface area contributed by atoms with Gasteiger partial charge >= 0.3 is 0 Å². The maximum Gasteiger partial charge on any atom is 0.166 e. The highest BCUT2D eigenvalue weighted by Crippen LogP contribution is 2.17. The molecule has 0 fully saturated rings. The Morgan fingerprint density at radius 2 is 2.31 bits per heavy atom. The summed E-state index contributed by atoms with van der Waals surface area (Å²) >= 11 is 0. The van der Waals surface area contributed by atoms with Crippen molar-refractivity contribution in [2.45, 2.75) is 0 Å². The van der Waals surface area contributed by atoms with Gasteiger partial charge in [-0.05, 0) is 6.07 Å². The highest BCUT2D eigenvalue weighted by molar-refractivity contribution is 5.54. The number of hydrogen-bond acceptors (Lipinski definition) is 3. The lowest BCUT2D eigenvalue weighted by atomic mass is 10.2. The molecular formula is C8H7FN4. The Bertz CT molecular complexity index is 424. The van der Waals surface area contributed by atoms with Crippen LogP contribution in [0, 0.1) is 5.82 Å². The molecule has 0 aromatic carbocycles. The average Bonchev–Trinajstić information content (AvgIpc) is 2.52. The third-order valence-corrected chi connectivity index (χ3v) is 1.72. The summed E-state index contributed by atoms with van der Waals surface area (Å²) < 4.78 is 14.8. The smallest absolute Gasteiger partial charge is 0.166 e. The van der Waals surface area contributed by atoms with Gasteiger partial charge in [0.1, 0.15) is 6.33 Å². The van der Waals surface area contributed by atoms with Gasteiger partial charge in [0.05, 0.1) is 11.8 Å². The molecule has 0 aliphatic heterocycles. The van der Waals surface area contributed by atoms with E-state index in [2.05, 4.69) is 15.2 Å². The topological polar surface area (TPSA) is 43.6 Å². The predicted octanol–water partition coefficient (Wildman–Crippen LogP) is 1.02. The van der Waals surface area contributed by atoms with Gasteiger partial charge in [-0.25, -0.2) is 4.39 Å². The van der Waals surface area contributed by atoms with Gasteiger partial charge in [0.2, 0.25) is 0 Å². The molecule has 0 aliphatic carbocycles. The first-order valence-electron chi connectivity index (χ1n) is 3.73. The van der Waals surface area contributed by atoms with Crippen molar-refractivity contribution < 1.29 is 4.39 Å². The molecule has 2 aromatic heterocycles. The predicted molar refractivity (Wildman–Crippen MR) is 44.2 cm³/mol. The highest BCUT2D eigenvalue weighted by atomic mass is 19.1. The Morgan fingerprint density at radius 1 is 1.46 bits per heavy atom. The van der Waals surface area contributed by atoms with Crippen molar-refractivity contribution in [1.82, 2.24) is 19.7 Å². The summed E-state index contributed by atoms with van der Waals surface area (Å²) in [4.78, 5) is 3.65. The van der Waals surface area contributed by atoms with Gasteiger partial charge in [0.15, 0.2) is 11.6 Å². The monoisotopic (exact) mass is 178 g/mol. The van der Waals surface area contributed by atoms with E-state index in [0.717, 1.165) is 6.20 Å². The quantitative estimate of drug-likeness (QED) is 0.654. The first-order chi connectivity index (χ1) is 6.29. The van der Waals surface area contributed by atoms with Crippen LogP contribution in [0.3, 0.4) is 0 Å². The summed E-state index contributed by atoms with van der Waals surface area (Å²) in [6.07, 6.45) is 4.20. The lowest BCUT2D eigenvalue weighted by Crippen LogP contribution is -1.94. The number of rotatable bonds is 1. The van der Waals surface area contributed by atoms with Gasteiger partial charge in [0, 0.05) is 13.2 Å². The summed E-state index contributed by atoms with van der Waals surface area (Å²) in [5.74, 6) is 0.110. The zero-order valence-electron chi connectivity index (χ0n) is 6.98. The molecule has 0 amide bonds. The maximum atomic E-state index is 13.2. The molecule has 5 heteroatoms. The fraction of sp³-hybridized carbons (Fsp3) is 0.125. The van der Waals surface area contributed by atoms with Gasteiger partial charge in [-0.1, -0.05) is 0 Å². The molecule has 0 atom stereocenters. The van der Waals surface area contributed by atoms with Crippen molar-refractivity contribution in [1.29, 1.82) is 0 Å². The van der Waals surface area contributed by atoms with Crippen LogP contribution in [-0.4, -0.2) is 19.7 Å². The van der Waals surface area contributed by atoms with Crippen LogP contribution in [0.1, 0.15) is 0 Å². The molecular weight excluding hydrogens is 171 g/mol. The van der Waals surface area contributed by atoms with Crippen LogP contribution < -0.4 is 0 Å². The lowest BCUT2D eigenvalue weighted by Gasteiger charge is -1.99. The molecule has 0 bridgehead atoms. The van der Waals surface area contributed by atoms with E-state index in [1.165, 1.54) is 12.5 Å². The van der Waals surface area contributed by atoms with Gasteiger partial charge < -0.3 is 4.57 Å². The molecule has 0 radical (unpaired) electrons. The number of pyridine rings is 1. The second-order valence-corrected chi connectivity index (χ2v) is 2.62. The van der Waals surface area contributed by atoms with Gasteiger partial charge in [0.25, 0.3) is 0 Å². The molecule has 0 N–H and O–H groups in total. The molecule has 0 spiro atoms. The number of aromatic nitrogens is 4. The largest absolute Gasteiger partial charge is 0.317 e. The molecule has 13 heavy (non-hydrogen) atoms. The van der Waals surface area contributed by atoms with E-state index in [4.69, 9.17) is 0 Å². The number of hydrogen-bond donors (Lipinski definition) is 0. The zero-order valence-corrected chi connectivity index (χ0v) is 6.98. The van der Waals surface area contributed by atoms with Crippen molar-refractivity contribution in [3.8, 4) is 11.4 Å². The summed E-state index contributed by atoms with van der Waals surface area (Å²) in [6, 6.07) is 1.57. The van der Waals surface area contributed by atoms with Crippen LogP contribution in [0.25, 0.3) is 11.4 Å². The minimum atomic E-state index is -0.390. The van der Waals surface area contributed by atoms with Crippen LogP contribution in [0.5, 0.6) is 0 Å². The number of aryl methyl sites for hydroxylation is 1. The van der Waals surface area contributed by atoms with Crippen molar-refractivity contribution in [2.24, 2.45) is 7.05 Å². The second-order valence-electron chi connectivity index (χ2n) is 2.62. The third kappa shape index (κ3) is 1.28. The van der Waals surface area contributed by atoms with E-state index in [9.17, 15) is 4.39 Å². The summed E-state index contributed by atoms with van der Waals surface area (Å²) in [5, 5.41) is 7.46. The second kappa shape index (κ2) is 2.93. The van der Waals surface area contributed by atoms with Crippen LogP contribution in [0.15, 0.2) is 24.8 Å². The minimum Gasteiger partial charge on any atom is -0.317 e. The first kappa shape index (κ1) is 7.85. The molecule has 2 heterocycles. The third-order valence-electron chi connectivity index (χ3n) is 1.72. The van der Waals surface area contributed by atoms with E-state index in [-0.39, 0.29) is 0 Å². The van der Waals surface area contributed by atoms with E-state index in [1.54, 1.807) is 17.7 Å². The average molecular weight is 178 g/mol. The minimum absolute atomic E-state index is 0.390. The molecule has 2 aromatic rings. The zero-order chi connectivity index (χ0) is 9.26. The Balaban J connectivity index is 2.59. The molecule has 0 saturated carbocycles. The fourth-order valence-corrected chi connectivity index (χ4v) is 1.08. The van der Waals surface area contributed by atoms with E-state index in [0.29, 0.717) is 11.4 Å². The van der Waals surface area contributed by atoms with Crippen LogP contribution in [0.2, 0.25) is 0 Å². The van der Waals surface area contributed by atoms with Crippen LogP contribution in [-0.2, 0) is 7.05 Å². The Kier molecular flexibility index (Phi) is 1.77. The summed E-state index contributed by atoms with van der Waals surface area (Å²) in [7, 11) is 1.76. The van der Waals surface area contributed by atoms with Crippen molar-refractivity contribution in [2.75, 3.05) is 0 Å². The Labute approximate surface area is 74.1 Å². The van der Waals surface area contributed by atoms with E-state index >= 15 is 0 Å². The van der Waals surface area contributed by atoms with Crippen molar-refractivity contribution >= 4 is 0 Å². The summed E-state index contributed by atoms with van der Waals surface area (Å²) in [5.41, 5.74) is 0.412. The Morgan fingerprint density at radius 3 is 2.92 bits per heavy atom. The SMILES string of the molecule is Cn1cnnc1-c1ccncc1F. The van der Waals surface area contributed by atoms with Crippen molar-refractivity contribution in [3.05, 3.63) is 30.6 Å². The molecule has 4 nitrogen and oxygen atoms in total. The first-order valence-corrected chi connectivity index (χ1v) is 3.73. The molecule has 0 aliphatic rings. The van der Waals surface area contributed by atoms with Gasteiger partial charge in [-0.3, -0.25) is 4.98 Å². The van der Waals surface area contributed by atoms with E-state index in [1.807, 2.05) is 0 Å². The lowest BCUT2D eigenvalue weighted by molar-refractivity contribution is 0.622. The standard InChI is InChI=1S/C8H7FN4/c1-13-5-11-12-8(13)6-2-3-10-4-7(6)9/h2-5H,1H3. The molecule has 0 unspecified atom stereocenters. The molecule has 2 rings (SSSR count).